The molecule has 0 heterocycles. The van der Waals surface area contributed by atoms with E-state index in [1.807, 2.05) is 6.07 Å². The normalized spacial score (nSPS) is 9.74. The predicted molar refractivity (Wildman–Crippen MR) is 74.8 cm³/mol. The molecule has 0 radical (unpaired) electrons. The summed E-state index contributed by atoms with van der Waals surface area (Å²) in [7, 11) is 0. The van der Waals surface area contributed by atoms with Gasteiger partial charge in [-0.3, -0.25) is 0 Å². The van der Waals surface area contributed by atoms with Crippen molar-refractivity contribution in [3.05, 3.63) is 28.2 Å². The molecule has 0 saturated heterocycles. The zero-order chi connectivity index (χ0) is 14.1. The van der Waals surface area contributed by atoms with Crippen LogP contribution >= 0.6 is 15.9 Å². The molecule has 0 bridgehead atoms. The monoisotopic (exact) mass is 326 g/mol. The quantitative estimate of drug-likeness (QED) is 0.615. The number of nitriles is 1. The first-order chi connectivity index (χ1) is 9.17. The highest BCUT2D eigenvalue weighted by atomic mass is 79.9. The van der Waals surface area contributed by atoms with Crippen LogP contribution in [0.3, 0.4) is 0 Å². The molecule has 0 aliphatic heterocycles. The Morgan fingerprint density at radius 2 is 2.32 bits per heavy atom. The van der Waals surface area contributed by atoms with Crippen molar-refractivity contribution in [2.45, 2.75) is 6.92 Å². The van der Waals surface area contributed by atoms with Gasteiger partial charge in [0.2, 0.25) is 0 Å². The van der Waals surface area contributed by atoms with Crippen LogP contribution in [-0.2, 0) is 14.3 Å². The number of anilines is 1. The third kappa shape index (κ3) is 5.73. The number of nitrogens with zero attached hydrogens (tertiary/aromatic N) is 1. The fourth-order valence-electron chi connectivity index (χ4n) is 1.38. The second-order valence-corrected chi connectivity index (χ2v) is 4.50. The Hall–Kier alpha value is -1.58. The van der Waals surface area contributed by atoms with Crippen molar-refractivity contribution in [2.24, 2.45) is 0 Å². The van der Waals surface area contributed by atoms with Gasteiger partial charge in [0, 0.05) is 11.0 Å². The molecule has 0 unspecified atom stereocenters. The van der Waals surface area contributed by atoms with Gasteiger partial charge in [-0.2, -0.15) is 5.26 Å². The van der Waals surface area contributed by atoms with Crippen LogP contribution in [0.15, 0.2) is 22.7 Å². The van der Waals surface area contributed by atoms with Crippen LogP contribution in [0, 0.1) is 11.3 Å². The van der Waals surface area contributed by atoms with Crippen LogP contribution in [-0.4, -0.2) is 32.3 Å². The van der Waals surface area contributed by atoms with E-state index in [1.165, 1.54) is 0 Å². The van der Waals surface area contributed by atoms with E-state index in [4.69, 9.17) is 14.7 Å². The lowest BCUT2D eigenvalue weighted by atomic mass is 10.2. The second-order valence-electron chi connectivity index (χ2n) is 3.59. The highest BCUT2D eigenvalue weighted by Crippen LogP contribution is 2.20. The van der Waals surface area contributed by atoms with Crippen molar-refractivity contribution < 1.29 is 14.3 Å². The molecule has 1 rings (SSSR count). The number of hydrogen-bond acceptors (Lipinski definition) is 5. The zero-order valence-corrected chi connectivity index (χ0v) is 12.2. The minimum atomic E-state index is -0.373. The van der Waals surface area contributed by atoms with Crippen molar-refractivity contribution in [3.63, 3.8) is 0 Å². The Morgan fingerprint density at radius 1 is 1.53 bits per heavy atom. The minimum Gasteiger partial charge on any atom is -0.464 e. The molecule has 0 aliphatic rings. The van der Waals surface area contributed by atoms with Gasteiger partial charge < -0.3 is 14.8 Å². The molecular weight excluding hydrogens is 312 g/mol. The molecule has 1 N–H and O–H groups in total. The van der Waals surface area contributed by atoms with Gasteiger partial charge in [-0.25, -0.2) is 4.79 Å². The lowest BCUT2D eigenvalue weighted by Crippen LogP contribution is -2.16. The van der Waals surface area contributed by atoms with Gasteiger partial charge in [0.25, 0.3) is 0 Å². The molecule has 0 amide bonds. The molecule has 1 aromatic rings. The molecule has 19 heavy (non-hydrogen) atoms. The first-order valence-electron chi connectivity index (χ1n) is 5.84. The summed E-state index contributed by atoms with van der Waals surface area (Å²) >= 11 is 3.34. The number of hydrogen-bond donors (Lipinski definition) is 1. The minimum absolute atomic E-state index is 0.0564. The van der Waals surface area contributed by atoms with Gasteiger partial charge in [0.05, 0.1) is 24.5 Å². The Kier molecular flexibility index (Phi) is 6.93. The van der Waals surface area contributed by atoms with Gasteiger partial charge >= 0.3 is 5.97 Å². The summed E-state index contributed by atoms with van der Waals surface area (Å²) in [4.78, 5) is 11.0. The summed E-state index contributed by atoms with van der Waals surface area (Å²) in [6.07, 6.45) is 0. The average Bonchev–Trinajstić information content (AvgIpc) is 2.39. The van der Waals surface area contributed by atoms with E-state index in [1.54, 1.807) is 19.1 Å². The summed E-state index contributed by atoms with van der Waals surface area (Å²) in [6, 6.07) is 7.46. The first-order valence-corrected chi connectivity index (χ1v) is 6.63. The van der Waals surface area contributed by atoms with E-state index in [-0.39, 0.29) is 12.6 Å². The van der Waals surface area contributed by atoms with Gasteiger partial charge in [-0.05, 0) is 25.1 Å². The van der Waals surface area contributed by atoms with E-state index < -0.39 is 0 Å². The smallest absolute Gasteiger partial charge is 0.332 e. The number of rotatable bonds is 7. The molecule has 6 heteroatoms. The van der Waals surface area contributed by atoms with Crippen LogP contribution in [0.2, 0.25) is 0 Å². The van der Waals surface area contributed by atoms with Crippen LogP contribution in [0.25, 0.3) is 0 Å². The van der Waals surface area contributed by atoms with Crippen molar-refractivity contribution in [1.82, 2.24) is 0 Å². The fourth-order valence-corrected chi connectivity index (χ4v) is 1.74. The molecular formula is C13H15BrN2O3. The molecule has 0 fully saturated rings. The summed E-state index contributed by atoms with van der Waals surface area (Å²) < 4.78 is 10.8. The Bertz CT molecular complexity index is 471. The third-order valence-electron chi connectivity index (χ3n) is 2.19. The zero-order valence-electron chi connectivity index (χ0n) is 10.6. The van der Waals surface area contributed by atoms with Gasteiger partial charge in [-0.1, -0.05) is 15.9 Å². The van der Waals surface area contributed by atoms with E-state index in [9.17, 15) is 4.79 Å². The molecule has 102 valence electrons. The predicted octanol–water partition coefficient (Wildman–Crippen LogP) is 2.31. The molecule has 0 saturated carbocycles. The SMILES string of the molecule is CCOC(=O)COCCNc1cc(Br)ccc1C#N. The topological polar surface area (TPSA) is 71.3 Å². The summed E-state index contributed by atoms with van der Waals surface area (Å²) in [5.74, 6) is -0.373. The number of nitrogens with one attached hydrogen (secondary N) is 1. The van der Waals surface area contributed by atoms with Gasteiger partial charge in [-0.15, -0.1) is 0 Å². The van der Waals surface area contributed by atoms with Gasteiger partial charge in [0.1, 0.15) is 12.7 Å². The highest BCUT2D eigenvalue weighted by molar-refractivity contribution is 9.10. The molecule has 0 aliphatic carbocycles. The molecule has 0 aromatic heterocycles. The summed E-state index contributed by atoms with van der Waals surface area (Å²) in [5, 5.41) is 12.0. The van der Waals surface area contributed by atoms with Gasteiger partial charge in [0.15, 0.2) is 0 Å². The number of halogens is 1. The number of esters is 1. The van der Waals surface area contributed by atoms with E-state index in [0.29, 0.717) is 25.3 Å². The fraction of sp³-hybridized carbons (Fsp3) is 0.385. The van der Waals surface area contributed by atoms with Crippen LogP contribution in [0.5, 0.6) is 0 Å². The maximum Gasteiger partial charge on any atom is 0.332 e. The standard InChI is InChI=1S/C13H15BrN2O3/c1-2-19-13(17)9-18-6-5-16-12-7-11(14)4-3-10(12)8-15/h3-4,7,16H,2,5-6,9H2,1H3. The van der Waals surface area contributed by atoms with Crippen molar-refractivity contribution in [2.75, 3.05) is 31.7 Å². The molecule has 5 nitrogen and oxygen atoms in total. The van der Waals surface area contributed by atoms with Crippen molar-refractivity contribution in [1.29, 1.82) is 5.26 Å². The van der Waals surface area contributed by atoms with Crippen molar-refractivity contribution >= 4 is 27.6 Å². The lowest BCUT2D eigenvalue weighted by Gasteiger charge is -2.09. The first kappa shape index (κ1) is 15.5. The molecule has 0 atom stereocenters. The van der Waals surface area contributed by atoms with E-state index in [2.05, 4.69) is 27.3 Å². The van der Waals surface area contributed by atoms with Crippen LogP contribution in [0.1, 0.15) is 12.5 Å². The van der Waals surface area contributed by atoms with Crippen molar-refractivity contribution in [3.8, 4) is 6.07 Å². The highest BCUT2D eigenvalue weighted by Gasteiger charge is 2.03. The third-order valence-corrected chi connectivity index (χ3v) is 2.68. The summed E-state index contributed by atoms with van der Waals surface area (Å²) in [6.45, 7) is 2.90. The molecule has 0 spiro atoms. The number of ether oxygens (including phenoxy) is 2. The van der Waals surface area contributed by atoms with Crippen LogP contribution in [0.4, 0.5) is 5.69 Å². The lowest BCUT2D eigenvalue weighted by molar-refractivity contribution is -0.148. The Labute approximate surface area is 120 Å². The maximum absolute atomic E-state index is 11.0. The summed E-state index contributed by atoms with van der Waals surface area (Å²) in [5.41, 5.74) is 1.30. The number of benzene rings is 1. The Morgan fingerprint density at radius 3 is 3.00 bits per heavy atom. The number of carbonyl (C=O) groups is 1. The largest absolute Gasteiger partial charge is 0.464 e. The molecule has 1 aromatic carbocycles. The van der Waals surface area contributed by atoms with Crippen LogP contribution < -0.4 is 5.32 Å². The number of carbonyl (C=O) groups excluding carboxylic acids is 1. The van der Waals surface area contributed by atoms with E-state index >= 15 is 0 Å². The van der Waals surface area contributed by atoms with E-state index in [0.717, 1.165) is 10.2 Å². The second kappa shape index (κ2) is 8.51. The Balaban J connectivity index is 2.32. The average molecular weight is 327 g/mol. The maximum atomic E-state index is 11.0.